The summed E-state index contributed by atoms with van der Waals surface area (Å²) in [5.74, 6) is 3.04. The number of halogens is 2. The van der Waals surface area contributed by atoms with Crippen LogP contribution in [0.1, 0.15) is 52.4 Å². The van der Waals surface area contributed by atoms with Crippen LogP contribution in [-0.4, -0.2) is 20.4 Å². The van der Waals surface area contributed by atoms with Crippen LogP contribution in [0.15, 0.2) is 23.3 Å². The Balaban J connectivity index is 0.00000104. The molecule has 0 aromatic rings. The molecule has 0 aromatic heterocycles. The molecule has 5 aliphatic rings. The smallest absolute Gasteiger partial charge is 1.00 e. The van der Waals surface area contributed by atoms with E-state index in [1.54, 1.807) is 18.4 Å². The minimum atomic E-state index is -0.651. The summed E-state index contributed by atoms with van der Waals surface area (Å²) in [6.07, 6.45) is 13.3. The quantitative estimate of drug-likeness (QED) is 0.530. The molecule has 5 aliphatic carbocycles. The molecule has 5 heteroatoms. The first-order valence-electron chi connectivity index (χ1n) is 9.61. The molecular formula is C20H32Cl2NSiTi. The van der Waals surface area contributed by atoms with Gasteiger partial charge in [0, 0.05) is 8.80 Å². The third kappa shape index (κ3) is 4.05. The van der Waals surface area contributed by atoms with Crippen molar-refractivity contribution < 1.29 is 46.5 Å². The van der Waals surface area contributed by atoms with E-state index in [1.165, 1.54) is 24.8 Å². The number of nitrogens with zero attached hydrogens (tertiary/aromatic N) is 1. The Morgan fingerprint density at radius 2 is 1.68 bits per heavy atom. The zero-order chi connectivity index (χ0) is 15.5. The molecule has 0 N–H and O–H groups in total. The van der Waals surface area contributed by atoms with Crippen LogP contribution in [0.3, 0.4) is 0 Å². The van der Waals surface area contributed by atoms with Gasteiger partial charge in [-0.05, 0) is 50.4 Å². The topological polar surface area (TPSA) is 14.1 Å². The van der Waals surface area contributed by atoms with E-state index in [0.717, 1.165) is 29.7 Å². The average molecular weight is 433 g/mol. The van der Waals surface area contributed by atoms with E-state index in [-0.39, 0.29) is 46.5 Å². The van der Waals surface area contributed by atoms with E-state index < -0.39 is 8.80 Å². The Morgan fingerprint density at radius 1 is 1.08 bits per heavy atom. The van der Waals surface area contributed by atoms with Crippen LogP contribution in [0.2, 0.25) is 18.6 Å². The summed E-state index contributed by atoms with van der Waals surface area (Å²) in [4.78, 5) is 0. The van der Waals surface area contributed by atoms with Crippen molar-refractivity contribution in [3.05, 3.63) is 28.6 Å². The van der Waals surface area contributed by atoms with Gasteiger partial charge in [0.1, 0.15) is 0 Å². The summed E-state index contributed by atoms with van der Waals surface area (Å²) < 4.78 is 0. The van der Waals surface area contributed by atoms with Gasteiger partial charge < -0.3 is 30.1 Å². The second-order valence-electron chi connectivity index (χ2n) is 9.02. The molecule has 0 amide bonds. The summed E-state index contributed by atoms with van der Waals surface area (Å²) in [6.45, 7) is 9.79. The predicted molar refractivity (Wildman–Crippen MR) is 98.2 cm³/mol. The van der Waals surface area contributed by atoms with Gasteiger partial charge in [0.25, 0.3) is 0 Å². The second kappa shape index (κ2) is 8.97. The Morgan fingerprint density at radius 3 is 2.20 bits per heavy atom. The van der Waals surface area contributed by atoms with Gasteiger partial charge in [0.15, 0.2) is 0 Å². The maximum absolute atomic E-state index is 5.70. The minimum absolute atomic E-state index is 0. The van der Waals surface area contributed by atoms with Gasteiger partial charge >= 0.3 is 21.7 Å². The Kier molecular flexibility index (Phi) is 8.61. The second-order valence-corrected chi connectivity index (χ2v) is 12.2. The van der Waals surface area contributed by atoms with Crippen molar-refractivity contribution in [1.82, 2.24) is 0 Å². The Hall–Kier alpha value is 0.951. The fourth-order valence-electron chi connectivity index (χ4n) is 6.86. The van der Waals surface area contributed by atoms with Crippen LogP contribution in [0, 0.1) is 17.8 Å². The molecule has 5 rings (SSSR count). The van der Waals surface area contributed by atoms with E-state index in [4.69, 9.17) is 5.32 Å². The van der Waals surface area contributed by atoms with Gasteiger partial charge in [-0.3, -0.25) is 0 Å². The molecular weight excluding hydrogens is 401 g/mol. The minimum Gasteiger partial charge on any atom is -1.00 e. The third-order valence-corrected chi connectivity index (χ3v) is 9.81. The van der Waals surface area contributed by atoms with Crippen molar-refractivity contribution in [2.24, 2.45) is 17.8 Å². The molecule has 1 radical (unpaired) electrons. The molecule has 4 saturated carbocycles. The van der Waals surface area contributed by atoms with E-state index in [0.29, 0.717) is 11.6 Å². The van der Waals surface area contributed by atoms with Crippen LogP contribution >= 0.6 is 0 Å². The number of hydrogen-bond donors (Lipinski definition) is 0. The number of allylic oxidation sites excluding steroid dienone is 2. The molecule has 25 heavy (non-hydrogen) atoms. The Bertz CT molecular complexity index is 520. The molecule has 0 aliphatic heterocycles. The van der Waals surface area contributed by atoms with Gasteiger partial charge in [-0.15, -0.1) is 5.54 Å². The van der Waals surface area contributed by atoms with Crippen molar-refractivity contribution >= 4 is 8.80 Å². The SMILES string of the molecule is CCC1=CC=C(C)C1[N-]C12CC3CC(CC(C3)C1[SiH](C)C)C2.[Cl-].[Cl-].[Ti+3]. The predicted octanol–water partition coefficient (Wildman–Crippen LogP) is -0.534. The van der Waals surface area contributed by atoms with Crippen molar-refractivity contribution in [3.63, 3.8) is 0 Å². The first-order valence-corrected chi connectivity index (χ1v) is 12.6. The van der Waals surface area contributed by atoms with Crippen molar-refractivity contribution in [1.29, 1.82) is 0 Å². The van der Waals surface area contributed by atoms with Gasteiger partial charge in [-0.25, -0.2) is 0 Å². The van der Waals surface area contributed by atoms with Gasteiger partial charge in [0.05, 0.1) is 0 Å². The number of rotatable bonds is 4. The molecule has 0 aromatic carbocycles. The van der Waals surface area contributed by atoms with Gasteiger partial charge in [-0.1, -0.05) is 67.7 Å². The molecule has 0 spiro atoms. The van der Waals surface area contributed by atoms with E-state index in [2.05, 4.69) is 39.1 Å². The molecule has 4 bridgehead atoms. The molecule has 0 saturated heterocycles. The maximum atomic E-state index is 5.70. The monoisotopic (exact) mass is 432 g/mol. The molecule has 1 nitrogen and oxygen atoms in total. The third-order valence-electron chi connectivity index (χ3n) is 7.21. The van der Waals surface area contributed by atoms with Crippen LogP contribution in [-0.2, 0) is 21.7 Å². The molecule has 0 heterocycles. The first-order chi connectivity index (χ1) is 10.5. The summed E-state index contributed by atoms with van der Waals surface area (Å²) in [7, 11) is -0.651. The fraction of sp³-hybridized carbons (Fsp3) is 0.800. The van der Waals surface area contributed by atoms with Crippen LogP contribution in [0.4, 0.5) is 0 Å². The van der Waals surface area contributed by atoms with Crippen LogP contribution in [0.5, 0.6) is 0 Å². The van der Waals surface area contributed by atoms with E-state index in [9.17, 15) is 0 Å². The normalized spacial score (nSPS) is 40.8. The zero-order valence-electron chi connectivity index (χ0n) is 16.1. The largest absolute Gasteiger partial charge is 3.00 e. The molecule has 4 atom stereocenters. The molecule has 4 fully saturated rings. The fourth-order valence-corrected chi connectivity index (χ4v) is 9.86. The standard InChI is InChI=1S/C20H32NSi.2ClH.Ti/c1-5-16-7-6-13(2)18(16)21-20-11-14-8-15(12-20)10-17(9-14)19(20)22(3)4;;;/h6-7,14-15,17-19,22H,5,8-12H2,1-4H3;2*1H;/q-1;;;+3/p-2. The van der Waals surface area contributed by atoms with Crippen molar-refractivity contribution in [2.45, 2.75) is 82.6 Å². The average Bonchev–Trinajstić information content (AvgIpc) is 2.77. The van der Waals surface area contributed by atoms with Gasteiger partial charge in [0.2, 0.25) is 0 Å². The molecule has 4 unspecified atom stereocenters. The summed E-state index contributed by atoms with van der Waals surface area (Å²) in [5, 5.41) is 5.70. The summed E-state index contributed by atoms with van der Waals surface area (Å²) in [6, 6.07) is 0.427. The van der Waals surface area contributed by atoms with Crippen LogP contribution < -0.4 is 24.8 Å². The molecule has 139 valence electrons. The summed E-state index contributed by atoms with van der Waals surface area (Å²) in [5.41, 5.74) is 4.41. The maximum Gasteiger partial charge on any atom is 3.00 e. The van der Waals surface area contributed by atoms with Gasteiger partial charge in [-0.2, -0.15) is 0 Å². The van der Waals surface area contributed by atoms with E-state index in [1.807, 2.05) is 0 Å². The zero-order valence-corrected chi connectivity index (χ0v) is 20.3. The van der Waals surface area contributed by atoms with Crippen molar-refractivity contribution in [2.75, 3.05) is 0 Å². The van der Waals surface area contributed by atoms with Crippen molar-refractivity contribution in [3.8, 4) is 0 Å². The van der Waals surface area contributed by atoms with E-state index >= 15 is 0 Å². The van der Waals surface area contributed by atoms with Crippen LogP contribution in [0.25, 0.3) is 5.32 Å². The first kappa shape index (κ1) is 24.0. The summed E-state index contributed by atoms with van der Waals surface area (Å²) >= 11 is 0. The number of hydrogen-bond acceptors (Lipinski definition) is 0. The Labute approximate surface area is 183 Å².